The predicted molar refractivity (Wildman–Crippen MR) is 57.7 cm³/mol. The Kier molecular flexibility index (Phi) is 3.71. The summed E-state index contributed by atoms with van der Waals surface area (Å²) >= 11 is 0. The molecule has 0 unspecified atom stereocenters. The van der Waals surface area contributed by atoms with Crippen molar-refractivity contribution in [3.63, 3.8) is 0 Å². The van der Waals surface area contributed by atoms with Crippen LogP contribution in [-0.2, 0) is 4.74 Å². The van der Waals surface area contributed by atoms with Crippen LogP contribution in [0.15, 0.2) is 12.1 Å². The zero-order valence-electron chi connectivity index (χ0n) is 9.30. The van der Waals surface area contributed by atoms with Crippen molar-refractivity contribution in [1.82, 2.24) is 5.32 Å². The van der Waals surface area contributed by atoms with Crippen molar-refractivity contribution in [2.75, 3.05) is 18.5 Å². The highest BCUT2D eigenvalue weighted by atomic mass is 19.2. The second-order valence-electron chi connectivity index (χ2n) is 3.91. The summed E-state index contributed by atoms with van der Waals surface area (Å²) in [5.41, 5.74) is -0.538. The van der Waals surface area contributed by atoms with Gasteiger partial charge >= 0.3 is 6.03 Å². The highest BCUT2D eigenvalue weighted by Crippen LogP contribution is 2.19. The topological polar surface area (TPSA) is 50.4 Å². The van der Waals surface area contributed by atoms with E-state index in [1.165, 1.54) is 0 Å². The monoisotopic (exact) mass is 260 g/mol. The lowest BCUT2D eigenvalue weighted by atomic mass is 10.2. The van der Waals surface area contributed by atoms with Gasteiger partial charge in [0.1, 0.15) is 5.82 Å². The summed E-state index contributed by atoms with van der Waals surface area (Å²) in [6.07, 6.45) is 0.646. The van der Waals surface area contributed by atoms with Gasteiger partial charge in [0.25, 0.3) is 0 Å². The van der Waals surface area contributed by atoms with Crippen molar-refractivity contribution in [2.45, 2.75) is 12.5 Å². The maximum atomic E-state index is 13.2. The second kappa shape index (κ2) is 5.26. The van der Waals surface area contributed by atoms with Gasteiger partial charge in [-0.3, -0.25) is 0 Å². The smallest absolute Gasteiger partial charge is 0.319 e. The molecule has 2 amide bonds. The van der Waals surface area contributed by atoms with Crippen molar-refractivity contribution in [3.8, 4) is 0 Å². The van der Waals surface area contributed by atoms with Gasteiger partial charge in [0, 0.05) is 18.7 Å². The molecular formula is C11H11F3N2O2. The number of anilines is 1. The lowest BCUT2D eigenvalue weighted by molar-refractivity contribution is 0.189. The summed E-state index contributed by atoms with van der Waals surface area (Å²) in [6.45, 7) is 0.904. The van der Waals surface area contributed by atoms with E-state index >= 15 is 0 Å². The average molecular weight is 260 g/mol. The molecule has 1 aliphatic rings. The molecule has 2 rings (SSSR count). The van der Waals surface area contributed by atoms with Gasteiger partial charge in [-0.1, -0.05) is 0 Å². The molecule has 0 aliphatic carbocycles. The molecule has 0 aromatic heterocycles. The molecule has 2 N–H and O–H groups in total. The van der Waals surface area contributed by atoms with E-state index in [0.29, 0.717) is 31.8 Å². The van der Waals surface area contributed by atoms with Gasteiger partial charge in [0.15, 0.2) is 11.6 Å². The third-order valence-corrected chi connectivity index (χ3v) is 2.51. The summed E-state index contributed by atoms with van der Waals surface area (Å²) in [4.78, 5) is 11.5. The van der Waals surface area contributed by atoms with Gasteiger partial charge in [-0.15, -0.1) is 0 Å². The Morgan fingerprint density at radius 3 is 2.78 bits per heavy atom. The Labute approximate surface area is 101 Å². The van der Waals surface area contributed by atoms with Gasteiger partial charge in [0.05, 0.1) is 18.3 Å². The summed E-state index contributed by atoms with van der Waals surface area (Å²) in [6, 6.07) is 0.215. The van der Waals surface area contributed by atoms with Gasteiger partial charge in [-0.05, 0) is 6.42 Å². The van der Waals surface area contributed by atoms with E-state index in [-0.39, 0.29) is 6.04 Å². The van der Waals surface area contributed by atoms with Crippen molar-refractivity contribution in [1.29, 1.82) is 0 Å². The van der Waals surface area contributed by atoms with Crippen molar-refractivity contribution >= 4 is 11.7 Å². The number of urea groups is 1. The number of amides is 2. The highest BCUT2D eigenvalue weighted by molar-refractivity contribution is 5.89. The first-order chi connectivity index (χ1) is 8.56. The standard InChI is InChI=1S/C11H11F3N2O2/c12-6-3-8(13)10(14)9(4-6)16-11(17)15-7-1-2-18-5-7/h3-4,7H,1-2,5H2,(H2,15,16,17)/t7-/m0/s1. The fourth-order valence-electron chi connectivity index (χ4n) is 1.64. The number of rotatable bonds is 2. The van der Waals surface area contributed by atoms with Crippen molar-refractivity contribution in [2.24, 2.45) is 0 Å². The van der Waals surface area contributed by atoms with Crippen LogP contribution in [0.4, 0.5) is 23.7 Å². The van der Waals surface area contributed by atoms with Gasteiger partial charge in [0.2, 0.25) is 0 Å². The minimum atomic E-state index is -1.35. The molecule has 18 heavy (non-hydrogen) atoms. The van der Waals surface area contributed by atoms with E-state index in [0.717, 1.165) is 0 Å². The zero-order valence-corrected chi connectivity index (χ0v) is 9.30. The van der Waals surface area contributed by atoms with E-state index < -0.39 is 29.2 Å². The normalized spacial score (nSPS) is 18.7. The molecule has 7 heteroatoms. The maximum Gasteiger partial charge on any atom is 0.319 e. The first kappa shape index (κ1) is 12.7. The molecular weight excluding hydrogens is 249 g/mol. The molecule has 1 heterocycles. The van der Waals surface area contributed by atoms with Crippen LogP contribution in [0.25, 0.3) is 0 Å². The number of hydrogen-bond donors (Lipinski definition) is 2. The Hall–Kier alpha value is -1.76. The molecule has 0 bridgehead atoms. The summed E-state index contributed by atoms with van der Waals surface area (Å²) in [5.74, 6) is -3.61. The number of benzene rings is 1. The number of ether oxygens (including phenoxy) is 1. The maximum absolute atomic E-state index is 13.2. The molecule has 0 spiro atoms. The number of carbonyl (C=O) groups is 1. The van der Waals surface area contributed by atoms with Gasteiger partial charge in [-0.2, -0.15) is 0 Å². The van der Waals surface area contributed by atoms with Crippen LogP contribution in [-0.4, -0.2) is 25.3 Å². The van der Waals surface area contributed by atoms with Crippen LogP contribution >= 0.6 is 0 Å². The number of carbonyl (C=O) groups excluding carboxylic acids is 1. The van der Waals surface area contributed by atoms with Crippen LogP contribution in [0, 0.1) is 17.5 Å². The quantitative estimate of drug-likeness (QED) is 0.799. The number of nitrogens with one attached hydrogen (secondary N) is 2. The Bertz CT molecular complexity index is 462. The van der Waals surface area contributed by atoms with Crippen LogP contribution < -0.4 is 10.6 Å². The molecule has 0 saturated carbocycles. The molecule has 1 aromatic rings. The molecule has 1 fully saturated rings. The van der Waals surface area contributed by atoms with E-state index in [1.54, 1.807) is 0 Å². The summed E-state index contributed by atoms with van der Waals surface area (Å²) in [7, 11) is 0. The fraction of sp³-hybridized carbons (Fsp3) is 0.364. The van der Waals surface area contributed by atoms with E-state index in [2.05, 4.69) is 10.6 Å². The van der Waals surface area contributed by atoms with Crippen molar-refractivity contribution in [3.05, 3.63) is 29.6 Å². The first-order valence-electron chi connectivity index (χ1n) is 5.36. The van der Waals surface area contributed by atoms with E-state index in [9.17, 15) is 18.0 Å². The fourth-order valence-corrected chi connectivity index (χ4v) is 1.64. The minimum Gasteiger partial charge on any atom is -0.379 e. The largest absolute Gasteiger partial charge is 0.379 e. The molecule has 1 aliphatic heterocycles. The highest BCUT2D eigenvalue weighted by Gasteiger charge is 2.19. The van der Waals surface area contributed by atoms with Crippen LogP contribution in [0.3, 0.4) is 0 Å². The third-order valence-electron chi connectivity index (χ3n) is 2.51. The summed E-state index contributed by atoms with van der Waals surface area (Å²) in [5, 5.41) is 4.57. The van der Waals surface area contributed by atoms with Gasteiger partial charge < -0.3 is 15.4 Å². The second-order valence-corrected chi connectivity index (χ2v) is 3.91. The van der Waals surface area contributed by atoms with E-state index in [4.69, 9.17) is 4.74 Å². The Balaban J connectivity index is 2.02. The average Bonchev–Trinajstić information content (AvgIpc) is 2.77. The van der Waals surface area contributed by atoms with E-state index in [1.807, 2.05) is 0 Å². The molecule has 0 radical (unpaired) electrons. The molecule has 98 valence electrons. The molecule has 1 atom stereocenters. The third kappa shape index (κ3) is 2.92. The van der Waals surface area contributed by atoms with Crippen LogP contribution in [0.5, 0.6) is 0 Å². The molecule has 1 aromatic carbocycles. The zero-order chi connectivity index (χ0) is 13.1. The number of halogens is 3. The number of hydrogen-bond acceptors (Lipinski definition) is 2. The first-order valence-corrected chi connectivity index (χ1v) is 5.36. The lowest BCUT2D eigenvalue weighted by Crippen LogP contribution is -2.38. The predicted octanol–water partition coefficient (Wildman–Crippen LogP) is 2.01. The van der Waals surface area contributed by atoms with Crippen molar-refractivity contribution < 1.29 is 22.7 Å². The molecule has 1 saturated heterocycles. The minimum absolute atomic E-state index is 0.175. The van der Waals surface area contributed by atoms with Crippen LogP contribution in [0.2, 0.25) is 0 Å². The van der Waals surface area contributed by atoms with Crippen LogP contribution in [0.1, 0.15) is 6.42 Å². The molecule has 4 nitrogen and oxygen atoms in total. The Morgan fingerprint density at radius 2 is 2.11 bits per heavy atom. The van der Waals surface area contributed by atoms with Gasteiger partial charge in [-0.25, -0.2) is 18.0 Å². The lowest BCUT2D eigenvalue weighted by Gasteiger charge is -2.12. The SMILES string of the molecule is O=C(Nc1cc(F)cc(F)c1F)N[C@H]1CCOC1. The summed E-state index contributed by atoms with van der Waals surface area (Å²) < 4.78 is 44.0. The Morgan fingerprint density at radius 1 is 1.33 bits per heavy atom.